The zero-order valence-electron chi connectivity index (χ0n) is 11.3. The fraction of sp³-hybridized carbons (Fsp3) is 0.333. The normalized spacial score (nSPS) is 26.2. The molecule has 1 saturated carbocycles. The number of anilines is 1. The van der Waals surface area contributed by atoms with Crippen molar-refractivity contribution in [2.45, 2.75) is 12.8 Å². The molecule has 0 unspecified atom stereocenters. The summed E-state index contributed by atoms with van der Waals surface area (Å²) in [6.45, 7) is 0. The van der Waals surface area contributed by atoms with Crippen molar-refractivity contribution < 1.29 is 4.79 Å². The second kappa shape index (κ2) is 5.04. The van der Waals surface area contributed by atoms with Crippen molar-refractivity contribution >= 4 is 22.4 Å². The van der Waals surface area contributed by atoms with Gasteiger partial charge in [-0.3, -0.25) is 9.78 Å². The minimum absolute atomic E-state index is 0.0653. The minimum atomic E-state index is 0.0653. The van der Waals surface area contributed by atoms with E-state index in [0.717, 1.165) is 23.5 Å². The minimum Gasteiger partial charge on any atom is -0.300 e. The monoisotopic (exact) mass is 298 g/mol. The lowest BCUT2D eigenvalue weighted by molar-refractivity contribution is -0.120. The Balaban J connectivity index is 1.47. The molecule has 2 aromatic heterocycles. The molecule has 106 valence electrons. The maximum absolute atomic E-state index is 12.3. The highest BCUT2D eigenvalue weighted by atomic mass is 32.1. The topological polar surface area (TPSA) is 67.8 Å². The summed E-state index contributed by atoms with van der Waals surface area (Å²) in [5.41, 5.74) is 0.776. The zero-order chi connectivity index (χ0) is 14.2. The molecular weight excluding hydrogens is 284 g/mol. The number of pyridine rings is 1. The van der Waals surface area contributed by atoms with Crippen LogP contribution in [0.5, 0.6) is 0 Å². The van der Waals surface area contributed by atoms with E-state index in [-0.39, 0.29) is 11.8 Å². The number of hydrogen-bond donors (Lipinski definition) is 1. The van der Waals surface area contributed by atoms with Gasteiger partial charge in [0.2, 0.25) is 11.0 Å². The summed E-state index contributed by atoms with van der Waals surface area (Å²) < 4.78 is 0. The molecule has 2 aliphatic carbocycles. The van der Waals surface area contributed by atoms with Gasteiger partial charge < -0.3 is 5.32 Å². The van der Waals surface area contributed by atoms with Gasteiger partial charge in [0.15, 0.2) is 5.01 Å². The Morgan fingerprint density at radius 1 is 1.24 bits per heavy atom. The number of carbonyl (C=O) groups excluding carboxylic acids is 1. The first-order valence-corrected chi connectivity index (χ1v) is 7.85. The highest BCUT2D eigenvalue weighted by Gasteiger charge is 2.39. The van der Waals surface area contributed by atoms with Gasteiger partial charge in [0.05, 0.1) is 0 Å². The lowest BCUT2D eigenvalue weighted by Crippen LogP contribution is -2.25. The highest BCUT2D eigenvalue weighted by molar-refractivity contribution is 7.18. The number of hydrogen-bond acceptors (Lipinski definition) is 5. The fourth-order valence-corrected chi connectivity index (χ4v) is 3.87. The first-order chi connectivity index (χ1) is 10.3. The molecule has 0 spiro atoms. The largest absolute Gasteiger partial charge is 0.300 e. The van der Waals surface area contributed by atoms with Crippen LogP contribution in [0.15, 0.2) is 36.5 Å². The molecule has 1 fully saturated rings. The Kier molecular flexibility index (Phi) is 3.03. The third-order valence-electron chi connectivity index (χ3n) is 4.15. The van der Waals surface area contributed by atoms with Crippen LogP contribution in [0.3, 0.4) is 0 Å². The van der Waals surface area contributed by atoms with Gasteiger partial charge in [-0.15, -0.1) is 10.2 Å². The molecule has 4 rings (SSSR count). The van der Waals surface area contributed by atoms with Crippen LogP contribution in [-0.4, -0.2) is 21.1 Å². The van der Waals surface area contributed by atoms with E-state index in [1.54, 1.807) is 6.20 Å². The molecule has 21 heavy (non-hydrogen) atoms. The Morgan fingerprint density at radius 2 is 2.19 bits per heavy atom. The van der Waals surface area contributed by atoms with Gasteiger partial charge >= 0.3 is 0 Å². The van der Waals surface area contributed by atoms with Crippen molar-refractivity contribution in [2.24, 2.45) is 17.8 Å². The predicted molar refractivity (Wildman–Crippen MR) is 80.6 cm³/mol. The van der Waals surface area contributed by atoms with Gasteiger partial charge in [0, 0.05) is 12.1 Å². The molecule has 0 aromatic carbocycles. The molecule has 5 nitrogen and oxygen atoms in total. The van der Waals surface area contributed by atoms with E-state index in [9.17, 15) is 4.79 Å². The van der Waals surface area contributed by atoms with E-state index < -0.39 is 0 Å². The zero-order valence-corrected chi connectivity index (χ0v) is 12.1. The number of nitrogens with zero attached hydrogens (tertiary/aromatic N) is 3. The van der Waals surface area contributed by atoms with Gasteiger partial charge in [-0.1, -0.05) is 29.6 Å². The molecule has 2 aromatic rings. The quantitative estimate of drug-likeness (QED) is 0.885. The standard InChI is InChI=1S/C15H14N4OS/c20-13(11-8-9-4-5-10(11)7-9)17-15-19-18-14(21-15)12-3-1-2-6-16-12/h1-6,9-11H,7-8H2,(H,17,19,20)/t9-,10-,11+/m0/s1. The van der Waals surface area contributed by atoms with Crippen LogP contribution in [0.4, 0.5) is 5.13 Å². The van der Waals surface area contributed by atoms with Gasteiger partial charge in [-0.05, 0) is 36.8 Å². The number of carbonyl (C=O) groups is 1. The van der Waals surface area contributed by atoms with Crippen molar-refractivity contribution in [3.05, 3.63) is 36.5 Å². The molecule has 2 aliphatic rings. The number of allylic oxidation sites excluding steroid dienone is 2. The van der Waals surface area contributed by atoms with Crippen LogP contribution in [0.2, 0.25) is 0 Å². The van der Waals surface area contributed by atoms with Gasteiger partial charge in [-0.2, -0.15) is 0 Å². The van der Waals surface area contributed by atoms with Crippen LogP contribution < -0.4 is 5.32 Å². The lowest BCUT2D eigenvalue weighted by atomic mass is 9.93. The van der Waals surface area contributed by atoms with Crippen molar-refractivity contribution in [1.82, 2.24) is 15.2 Å². The maximum Gasteiger partial charge on any atom is 0.229 e. The molecule has 2 heterocycles. The summed E-state index contributed by atoms with van der Waals surface area (Å²) in [4.78, 5) is 16.6. The summed E-state index contributed by atoms with van der Waals surface area (Å²) in [5.74, 6) is 1.14. The number of aromatic nitrogens is 3. The first kappa shape index (κ1) is 12.6. The second-order valence-electron chi connectivity index (χ2n) is 5.50. The SMILES string of the molecule is O=C(Nc1nnc(-c2ccccn2)s1)[C@@H]1C[C@H]2C=C[C@H]1C2. The lowest BCUT2D eigenvalue weighted by Gasteiger charge is -2.16. The van der Waals surface area contributed by atoms with Gasteiger partial charge in [-0.25, -0.2) is 0 Å². The molecule has 0 saturated heterocycles. The summed E-state index contributed by atoms with van der Waals surface area (Å²) in [7, 11) is 0. The Hall–Kier alpha value is -2.08. The fourth-order valence-electron chi connectivity index (χ4n) is 3.15. The maximum atomic E-state index is 12.3. The summed E-state index contributed by atoms with van der Waals surface area (Å²) in [6, 6.07) is 5.65. The van der Waals surface area contributed by atoms with Crippen molar-refractivity contribution in [2.75, 3.05) is 5.32 Å². The van der Waals surface area contributed by atoms with E-state index in [0.29, 0.717) is 17.0 Å². The Bertz CT molecular complexity index is 697. The van der Waals surface area contributed by atoms with E-state index >= 15 is 0 Å². The average Bonchev–Trinajstić information content (AvgIpc) is 3.24. The highest BCUT2D eigenvalue weighted by Crippen LogP contribution is 2.43. The smallest absolute Gasteiger partial charge is 0.229 e. The van der Waals surface area contributed by atoms with Crippen molar-refractivity contribution in [3.8, 4) is 10.7 Å². The molecule has 6 heteroatoms. The molecule has 0 radical (unpaired) electrons. The summed E-state index contributed by atoms with van der Waals surface area (Å²) >= 11 is 1.36. The third-order valence-corrected chi connectivity index (χ3v) is 5.02. The van der Waals surface area contributed by atoms with E-state index in [1.165, 1.54) is 11.3 Å². The summed E-state index contributed by atoms with van der Waals surface area (Å²) in [6.07, 6.45) is 8.21. The predicted octanol–water partition coefficient (Wildman–Crippen LogP) is 2.75. The van der Waals surface area contributed by atoms with Gasteiger partial charge in [0.1, 0.15) is 5.69 Å². The van der Waals surface area contributed by atoms with E-state index in [2.05, 4.69) is 32.7 Å². The van der Waals surface area contributed by atoms with E-state index in [1.807, 2.05) is 18.2 Å². The molecular formula is C15H14N4OS. The van der Waals surface area contributed by atoms with Crippen molar-refractivity contribution in [3.63, 3.8) is 0 Å². The van der Waals surface area contributed by atoms with Crippen LogP contribution in [0.25, 0.3) is 10.7 Å². The van der Waals surface area contributed by atoms with Crippen LogP contribution >= 0.6 is 11.3 Å². The number of nitrogens with one attached hydrogen (secondary N) is 1. The van der Waals surface area contributed by atoms with Crippen LogP contribution in [0.1, 0.15) is 12.8 Å². The number of rotatable bonds is 3. The Labute approximate surface area is 126 Å². The molecule has 1 amide bonds. The molecule has 3 atom stereocenters. The van der Waals surface area contributed by atoms with Crippen LogP contribution in [0, 0.1) is 17.8 Å². The van der Waals surface area contributed by atoms with Crippen LogP contribution in [-0.2, 0) is 4.79 Å². The molecule has 2 bridgehead atoms. The molecule has 0 aliphatic heterocycles. The molecule has 1 N–H and O–H groups in total. The summed E-state index contributed by atoms with van der Waals surface area (Å²) in [5, 5.41) is 12.3. The van der Waals surface area contributed by atoms with Gasteiger partial charge in [0.25, 0.3) is 0 Å². The van der Waals surface area contributed by atoms with E-state index in [4.69, 9.17) is 0 Å². The number of amides is 1. The average molecular weight is 298 g/mol. The Morgan fingerprint density at radius 3 is 2.90 bits per heavy atom. The third kappa shape index (κ3) is 2.35. The first-order valence-electron chi connectivity index (χ1n) is 7.04. The van der Waals surface area contributed by atoms with Crippen molar-refractivity contribution in [1.29, 1.82) is 0 Å². The second-order valence-corrected chi connectivity index (χ2v) is 6.48. The number of fused-ring (bicyclic) bond motifs is 2.